The largest absolute Gasteiger partial charge is 0.489 e. The van der Waals surface area contributed by atoms with E-state index in [0.717, 1.165) is 16.7 Å². The Morgan fingerprint density at radius 2 is 1.42 bits per heavy atom. The van der Waals surface area contributed by atoms with Crippen LogP contribution in [-0.4, -0.2) is 24.5 Å². The molecule has 0 aliphatic carbocycles. The Morgan fingerprint density at radius 1 is 0.806 bits per heavy atom. The van der Waals surface area contributed by atoms with Crippen molar-refractivity contribution in [1.82, 2.24) is 5.32 Å². The number of rotatable bonds is 11. The first-order valence-corrected chi connectivity index (χ1v) is 10.1. The summed E-state index contributed by atoms with van der Waals surface area (Å²) in [6, 6.07) is 26.0. The molecule has 3 rings (SSSR count). The maximum absolute atomic E-state index is 12.2. The maximum atomic E-state index is 12.2. The molecule has 6 heteroatoms. The normalized spacial score (nSPS) is 11.5. The minimum absolute atomic E-state index is 0.154. The fraction of sp³-hybridized carbons (Fsp3) is 0.200. The van der Waals surface area contributed by atoms with Gasteiger partial charge >= 0.3 is 0 Å². The van der Waals surface area contributed by atoms with Crippen molar-refractivity contribution in [3.63, 3.8) is 0 Å². The predicted molar refractivity (Wildman–Crippen MR) is 118 cm³/mol. The number of nitrogens with one attached hydrogen (secondary N) is 1. The van der Waals surface area contributed by atoms with E-state index in [1.54, 1.807) is 0 Å². The summed E-state index contributed by atoms with van der Waals surface area (Å²) in [4.78, 5) is 24.1. The molecule has 3 aromatic rings. The number of carbonyl (C=O) groups is 2. The summed E-state index contributed by atoms with van der Waals surface area (Å²) in [6.07, 6.45) is 0.266. The first-order chi connectivity index (χ1) is 15.1. The molecule has 0 aliphatic heterocycles. The molecule has 0 aromatic heterocycles. The van der Waals surface area contributed by atoms with Crippen LogP contribution in [0.3, 0.4) is 0 Å². The number of nitrogens with two attached hydrogens (primary N) is 1. The Kier molecular flexibility index (Phi) is 8.20. The highest BCUT2D eigenvalue weighted by Gasteiger charge is 2.19. The first-order valence-electron chi connectivity index (χ1n) is 10.1. The van der Waals surface area contributed by atoms with Crippen molar-refractivity contribution >= 4 is 11.8 Å². The topological polar surface area (TPSA) is 90.7 Å². The fourth-order valence-electron chi connectivity index (χ4n) is 3.03. The van der Waals surface area contributed by atoms with Gasteiger partial charge in [-0.3, -0.25) is 9.59 Å². The molecule has 0 bridgehead atoms. The van der Waals surface area contributed by atoms with Crippen LogP contribution in [0.2, 0.25) is 0 Å². The number of primary amides is 1. The molecule has 0 spiro atoms. The molecule has 1 atom stereocenters. The van der Waals surface area contributed by atoms with Crippen LogP contribution in [0, 0.1) is 0 Å². The van der Waals surface area contributed by atoms with Crippen molar-refractivity contribution in [3.05, 3.63) is 102 Å². The molecule has 0 saturated heterocycles. The van der Waals surface area contributed by atoms with Gasteiger partial charge in [0.15, 0.2) is 0 Å². The van der Waals surface area contributed by atoms with Gasteiger partial charge in [0.05, 0.1) is 6.61 Å². The van der Waals surface area contributed by atoms with Gasteiger partial charge in [-0.2, -0.15) is 0 Å². The second-order valence-corrected chi connectivity index (χ2v) is 7.13. The molecule has 3 N–H and O–H groups in total. The number of hydrogen-bond acceptors (Lipinski definition) is 4. The highest BCUT2D eigenvalue weighted by Crippen LogP contribution is 2.16. The fourth-order valence-corrected chi connectivity index (χ4v) is 3.03. The molecule has 31 heavy (non-hydrogen) atoms. The lowest BCUT2D eigenvalue weighted by Crippen LogP contribution is -2.47. The van der Waals surface area contributed by atoms with Gasteiger partial charge in [0, 0.05) is 6.42 Å². The maximum Gasteiger partial charge on any atom is 0.246 e. The lowest BCUT2D eigenvalue weighted by Gasteiger charge is -2.16. The molecule has 0 radical (unpaired) electrons. The second kappa shape index (κ2) is 11.5. The van der Waals surface area contributed by atoms with Gasteiger partial charge in [0.2, 0.25) is 11.8 Å². The summed E-state index contributed by atoms with van der Waals surface area (Å²) < 4.78 is 11.2. The number of hydrogen-bond donors (Lipinski definition) is 2. The Bertz CT molecular complexity index is 977. The van der Waals surface area contributed by atoms with Crippen LogP contribution in [-0.2, 0) is 34.0 Å². The van der Waals surface area contributed by atoms with Crippen molar-refractivity contribution in [2.45, 2.75) is 25.7 Å². The van der Waals surface area contributed by atoms with Gasteiger partial charge in [-0.25, -0.2) is 0 Å². The van der Waals surface area contributed by atoms with Crippen LogP contribution in [0.1, 0.15) is 16.7 Å². The van der Waals surface area contributed by atoms with Crippen molar-refractivity contribution in [2.24, 2.45) is 5.73 Å². The molecule has 0 unspecified atom stereocenters. The molecular weight excluding hydrogens is 392 g/mol. The predicted octanol–water partition coefficient (Wildman–Crippen LogP) is 3.00. The monoisotopic (exact) mass is 418 g/mol. The summed E-state index contributed by atoms with van der Waals surface area (Å²) in [5.41, 5.74) is 8.36. The Balaban J connectivity index is 1.50. The Labute approximate surface area is 182 Å². The van der Waals surface area contributed by atoms with E-state index in [-0.39, 0.29) is 13.0 Å². The molecule has 0 fully saturated rings. The third-order valence-corrected chi connectivity index (χ3v) is 4.61. The second-order valence-electron chi connectivity index (χ2n) is 7.13. The molecule has 0 heterocycles. The molecule has 3 aromatic carbocycles. The lowest BCUT2D eigenvalue weighted by atomic mass is 10.1. The summed E-state index contributed by atoms with van der Waals surface area (Å²) >= 11 is 0. The number of carbonyl (C=O) groups excluding carboxylic acids is 2. The Hall–Kier alpha value is -3.64. The van der Waals surface area contributed by atoms with Crippen LogP contribution in [0.4, 0.5) is 0 Å². The SMILES string of the molecule is NC(=O)[C@@H](Cc1cccc(OCc2ccccc2)c1)NC(=O)COCc1ccccc1. The molecular formula is C25H26N2O4. The van der Waals surface area contributed by atoms with Crippen molar-refractivity contribution in [1.29, 1.82) is 0 Å². The van der Waals surface area contributed by atoms with Crippen LogP contribution in [0.25, 0.3) is 0 Å². The van der Waals surface area contributed by atoms with Crippen molar-refractivity contribution in [3.8, 4) is 5.75 Å². The molecule has 160 valence electrons. The number of amides is 2. The van der Waals surface area contributed by atoms with E-state index in [1.807, 2.05) is 84.9 Å². The zero-order valence-corrected chi connectivity index (χ0v) is 17.2. The van der Waals surface area contributed by atoms with Gasteiger partial charge in [-0.1, -0.05) is 72.8 Å². The summed E-state index contributed by atoms with van der Waals surface area (Å²) in [5.74, 6) is -0.315. The summed E-state index contributed by atoms with van der Waals surface area (Å²) in [5, 5.41) is 2.65. The van der Waals surface area contributed by atoms with Gasteiger partial charge < -0.3 is 20.5 Å². The average molecular weight is 418 g/mol. The quantitative estimate of drug-likeness (QED) is 0.501. The average Bonchev–Trinajstić information content (AvgIpc) is 2.79. The third-order valence-electron chi connectivity index (χ3n) is 4.61. The lowest BCUT2D eigenvalue weighted by molar-refractivity contribution is -0.130. The van der Waals surface area contributed by atoms with Crippen LogP contribution < -0.4 is 15.8 Å². The molecule has 6 nitrogen and oxygen atoms in total. The highest BCUT2D eigenvalue weighted by molar-refractivity contribution is 5.87. The zero-order valence-electron chi connectivity index (χ0n) is 17.2. The molecule has 2 amide bonds. The summed E-state index contributed by atoms with van der Waals surface area (Å²) in [6.45, 7) is 0.605. The molecule has 0 aliphatic rings. The zero-order chi connectivity index (χ0) is 21.9. The van der Waals surface area contributed by atoms with Crippen molar-refractivity contribution < 1.29 is 19.1 Å². The van der Waals surface area contributed by atoms with E-state index in [2.05, 4.69) is 5.32 Å². The molecule has 0 saturated carbocycles. The first kappa shape index (κ1) is 22.1. The third kappa shape index (κ3) is 7.60. The van der Waals surface area contributed by atoms with Crippen LogP contribution in [0.5, 0.6) is 5.75 Å². The van der Waals surface area contributed by atoms with Gasteiger partial charge in [-0.15, -0.1) is 0 Å². The van der Waals surface area contributed by atoms with Gasteiger partial charge in [0.1, 0.15) is 25.0 Å². The van der Waals surface area contributed by atoms with E-state index in [1.165, 1.54) is 0 Å². The van der Waals surface area contributed by atoms with E-state index in [4.69, 9.17) is 15.2 Å². The van der Waals surface area contributed by atoms with E-state index >= 15 is 0 Å². The summed E-state index contributed by atoms with van der Waals surface area (Å²) in [7, 11) is 0. The van der Waals surface area contributed by atoms with E-state index in [0.29, 0.717) is 19.0 Å². The van der Waals surface area contributed by atoms with E-state index < -0.39 is 17.9 Å². The standard InChI is InChI=1S/C25H26N2O4/c26-25(29)23(27-24(28)18-30-16-19-8-3-1-4-9-19)15-21-12-7-13-22(14-21)31-17-20-10-5-2-6-11-20/h1-14,23H,15-18H2,(H2,26,29)(H,27,28)/t23-/m1/s1. The minimum Gasteiger partial charge on any atom is -0.489 e. The van der Waals surface area contributed by atoms with Crippen molar-refractivity contribution in [2.75, 3.05) is 6.61 Å². The smallest absolute Gasteiger partial charge is 0.246 e. The van der Waals surface area contributed by atoms with Crippen LogP contribution in [0.15, 0.2) is 84.9 Å². The van der Waals surface area contributed by atoms with Gasteiger partial charge in [0.25, 0.3) is 0 Å². The number of benzene rings is 3. The van der Waals surface area contributed by atoms with Crippen LogP contribution >= 0.6 is 0 Å². The van der Waals surface area contributed by atoms with Gasteiger partial charge in [-0.05, 0) is 28.8 Å². The Morgan fingerprint density at radius 3 is 2.06 bits per heavy atom. The van der Waals surface area contributed by atoms with E-state index in [9.17, 15) is 9.59 Å². The highest BCUT2D eigenvalue weighted by atomic mass is 16.5. The minimum atomic E-state index is -0.836. The number of ether oxygens (including phenoxy) is 2.